The zero-order valence-electron chi connectivity index (χ0n) is 11.6. The number of hydrogen-bond acceptors (Lipinski definition) is 3. The molecule has 0 bridgehead atoms. The third-order valence-electron chi connectivity index (χ3n) is 3.27. The van der Waals surface area contributed by atoms with Crippen LogP contribution in [0.1, 0.15) is 28.8 Å². The predicted molar refractivity (Wildman–Crippen MR) is 75.5 cm³/mol. The van der Waals surface area contributed by atoms with Gasteiger partial charge < -0.3 is 15.4 Å². The van der Waals surface area contributed by atoms with Crippen LogP contribution in [0.15, 0.2) is 24.3 Å². The molecule has 0 aromatic heterocycles. The minimum absolute atomic E-state index is 0.0145. The van der Waals surface area contributed by atoms with Crippen LogP contribution in [0.3, 0.4) is 0 Å². The normalized spacial score (nSPS) is 17.8. The van der Waals surface area contributed by atoms with Crippen molar-refractivity contribution >= 4 is 11.8 Å². The molecule has 1 aliphatic heterocycles. The van der Waals surface area contributed by atoms with Crippen LogP contribution in [0, 0.1) is 6.92 Å². The van der Waals surface area contributed by atoms with Crippen molar-refractivity contribution in [2.24, 2.45) is 0 Å². The number of rotatable bonds is 5. The van der Waals surface area contributed by atoms with Gasteiger partial charge in [0.05, 0.1) is 12.6 Å². The Morgan fingerprint density at radius 3 is 2.65 bits per heavy atom. The molecule has 1 heterocycles. The van der Waals surface area contributed by atoms with Crippen LogP contribution in [0.25, 0.3) is 0 Å². The van der Waals surface area contributed by atoms with Crippen LogP contribution in [-0.2, 0) is 9.53 Å². The fourth-order valence-corrected chi connectivity index (χ4v) is 2.06. The summed E-state index contributed by atoms with van der Waals surface area (Å²) in [5, 5.41) is 5.36. The summed E-state index contributed by atoms with van der Waals surface area (Å²) in [6.07, 6.45) is 2.15. The lowest BCUT2D eigenvalue weighted by Gasteiger charge is -2.11. The van der Waals surface area contributed by atoms with Crippen LogP contribution < -0.4 is 10.6 Å². The van der Waals surface area contributed by atoms with Crippen LogP contribution in [0.5, 0.6) is 0 Å². The molecule has 1 aliphatic rings. The molecule has 1 atom stereocenters. The number of amides is 2. The highest BCUT2D eigenvalue weighted by Crippen LogP contribution is 2.10. The van der Waals surface area contributed by atoms with E-state index >= 15 is 0 Å². The minimum atomic E-state index is -0.239. The van der Waals surface area contributed by atoms with Gasteiger partial charge in [0.15, 0.2) is 0 Å². The van der Waals surface area contributed by atoms with Gasteiger partial charge in [-0.3, -0.25) is 9.59 Å². The topological polar surface area (TPSA) is 67.4 Å². The van der Waals surface area contributed by atoms with Gasteiger partial charge >= 0.3 is 0 Å². The second kappa shape index (κ2) is 7.05. The molecule has 1 saturated heterocycles. The molecular formula is C15H20N2O3. The number of ether oxygens (including phenoxy) is 1. The smallest absolute Gasteiger partial charge is 0.251 e. The highest BCUT2D eigenvalue weighted by molar-refractivity contribution is 5.96. The number of carbonyl (C=O) groups is 2. The van der Waals surface area contributed by atoms with Crippen LogP contribution in [0.2, 0.25) is 0 Å². The van der Waals surface area contributed by atoms with E-state index in [-0.39, 0.29) is 24.5 Å². The first-order chi connectivity index (χ1) is 9.65. The number of aryl methyl sites for hydroxylation is 1. The molecule has 0 saturated carbocycles. The standard InChI is InChI=1S/C15H20N2O3/c1-11-4-6-12(7-5-11)15(19)17-10-14(18)16-9-13-3-2-8-20-13/h4-7,13H,2-3,8-10H2,1H3,(H,16,18)(H,17,19)/t13-/m1/s1. The van der Waals surface area contributed by atoms with Gasteiger partial charge in [0.1, 0.15) is 0 Å². The fraction of sp³-hybridized carbons (Fsp3) is 0.467. The maximum absolute atomic E-state index is 11.8. The Kier molecular flexibility index (Phi) is 5.12. The van der Waals surface area contributed by atoms with Gasteiger partial charge in [0.2, 0.25) is 5.91 Å². The van der Waals surface area contributed by atoms with Crippen molar-refractivity contribution in [3.05, 3.63) is 35.4 Å². The van der Waals surface area contributed by atoms with Gasteiger partial charge in [-0.05, 0) is 31.9 Å². The Hall–Kier alpha value is -1.88. The van der Waals surface area contributed by atoms with E-state index in [1.165, 1.54) is 0 Å². The lowest BCUT2D eigenvalue weighted by atomic mass is 10.1. The Labute approximate surface area is 118 Å². The first-order valence-electron chi connectivity index (χ1n) is 6.88. The minimum Gasteiger partial charge on any atom is -0.376 e. The molecule has 108 valence electrons. The zero-order valence-corrected chi connectivity index (χ0v) is 11.6. The van der Waals surface area contributed by atoms with E-state index in [2.05, 4.69) is 10.6 Å². The molecule has 5 heteroatoms. The molecule has 2 rings (SSSR count). The van der Waals surface area contributed by atoms with Crippen LogP contribution >= 0.6 is 0 Å². The highest BCUT2D eigenvalue weighted by atomic mass is 16.5. The van der Waals surface area contributed by atoms with Gasteiger partial charge in [-0.25, -0.2) is 0 Å². The van der Waals surface area contributed by atoms with Gasteiger partial charge in [-0.15, -0.1) is 0 Å². The molecule has 0 radical (unpaired) electrons. The van der Waals surface area contributed by atoms with Crippen molar-refractivity contribution in [1.82, 2.24) is 10.6 Å². The quantitative estimate of drug-likeness (QED) is 0.843. The summed E-state index contributed by atoms with van der Waals surface area (Å²) in [5.74, 6) is -0.432. The molecular weight excluding hydrogens is 256 g/mol. The number of carbonyl (C=O) groups excluding carboxylic acids is 2. The second-order valence-electron chi connectivity index (χ2n) is 4.99. The number of hydrogen-bond donors (Lipinski definition) is 2. The Balaban J connectivity index is 1.69. The summed E-state index contributed by atoms with van der Waals surface area (Å²) in [5.41, 5.74) is 1.65. The Morgan fingerprint density at radius 2 is 2.00 bits per heavy atom. The fourth-order valence-electron chi connectivity index (χ4n) is 2.06. The van der Waals surface area contributed by atoms with Gasteiger partial charge in [0, 0.05) is 18.7 Å². The van der Waals surface area contributed by atoms with E-state index in [9.17, 15) is 9.59 Å². The molecule has 20 heavy (non-hydrogen) atoms. The van der Waals surface area contributed by atoms with Gasteiger partial charge in [0.25, 0.3) is 5.91 Å². The lowest BCUT2D eigenvalue weighted by Crippen LogP contribution is -2.39. The molecule has 1 aromatic carbocycles. The molecule has 1 aromatic rings. The average Bonchev–Trinajstić information content (AvgIpc) is 2.96. The summed E-state index contributed by atoms with van der Waals surface area (Å²) >= 11 is 0. The zero-order chi connectivity index (χ0) is 14.4. The summed E-state index contributed by atoms with van der Waals surface area (Å²) in [4.78, 5) is 23.4. The summed E-state index contributed by atoms with van der Waals surface area (Å²) < 4.78 is 5.41. The van der Waals surface area contributed by atoms with Crippen molar-refractivity contribution < 1.29 is 14.3 Å². The molecule has 2 N–H and O–H groups in total. The maximum Gasteiger partial charge on any atom is 0.251 e. The Morgan fingerprint density at radius 1 is 1.25 bits per heavy atom. The SMILES string of the molecule is Cc1ccc(C(=O)NCC(=O)NC[C@H]2CCCO2)cc1. The molecule has 0 unspecified atom stereocenters. The summed E-state index contributed by atoms with van der Waals surface area (Å²) in [6.45, 7) is 3.23. The van der Waals surface area contributed by atoms with Crippen LogP contribution in [-0.4, -0.2) is 37.6 Å². The molecule has 0 aliphatic carbocycles. The van der Waals surface area contributed by atoms with Crippen molar-refractivity contribution in [2.75, 3.05) is 19.7 Å². The van der Waals surface area contributed by atoms with Crippen molar-refractivity contribution in [1.29, 1.82) is 0 Å². The highest BCUT2D eigenvalue weighted by Gasteiger charge is 2.16. The van der Waals surface area contributed by atoms with Crippen molar-refractivity contribution in [3.8, 4) is 0 Å². The van der Waals surface area contributed by atoms with Gasteiger partial charge in [-0.1, -0.05) is 17.7 Å². The first kappa shape index (κ1) is 14.5. The van der Waals surface area contributed by atoms with Gasteiger partial charge in [-0.2, -0.15) is 0 Å². The summed E-state index contributed by atoms with van der Waals surface area (Å²) in [6, 6.07) is 7.22. The second-order valence-corrected chi connectivity index (χ2v) is 4.99. The third kappa shape index (κ3) is 4.35. The molecule has 0 spiro atoms. The van der Waals surface area contributed by atoms with Crippen molar-refractivity contribution in [2.45, 2.75) is 25.9 Å². The largest absolute Gasteiger partial charge is 0.376 e. The predicted octanol–water partition coefficient (Wildman–Crippen LogP) is 1.02. The third-order valence-corrected chi connectivity index (χ3v) is 3.27. The monoisotopic (exact) mass is 276 g/mol. The van der Waals surface area contributed by atoms with E-state index in [1.54, 1.807) is 12.1 Å². The van der Waals surface area contributed by atoms with E-state index in [4.69, 9.17) is 4.74 Å². The van der Waals surface area contributed by atoms with E-state index in [1.807, 2.05) is 19.1 Å². The molecule has 1 fully saturated rings. The maximum atomic E-state index is 11.8. The van der Waals surface area contributed by atoms with E-state index < -0.39 is 0 Å². The first-order valence-corrected chi connectivity index (χ1v) is 6.88. The number of nitrogens with one attached hydrogen (secondary N) is 2. The molecule has 5 nitrogen and oxygen atoms in total. The number of benzene rings is 1. The average molecular weight is 276 g/mol. The molecule has 2 amide bonds. The summed E-state index contributed by atoms with van der Waals surface area (Å²) in [7, 11) is 0. The van der Waals surface area contributed by atoms with E-state index in [0.717, 1.165) is 25.0 Å². The van der Waals surface area contributed by atoms with E-state index in [0.29, 0.717) is 12.1 Å². The Bertz CT molecular complexity index is 465. The lowest BCUT2D eigenvalue weighted by molar-refractivity contribution is -0.120. The van der Waals surface area contributed by atoms with Crippen molar-refractivity contribution in [3.63, 3.8) is 0 Å². The van der Waals surface area contributed by atoms with Crippen LogP contribution in [0.4, 0.5) is 0 Å².